The fraction of sp³-hybridized carbons (Fsp3) is 0.231. The van der Waals surface area contributed by atoms with Crippen LogP contribution in [-0.4, -0.2) is 29.1 Å². The van der Waals surface area contributed by atoms with Crippen molar-refractivity contribution >= 4 is 11.8 Å². The van der Waals surface area contributed by atoms with Crippen molar-refractivity contribution in [1.29, 1.82) is 0 Å². The number of rotatable bonds is 9. The first kappa shape index (κ1) is 22.3. The zero-order valence-electron chi connectivity index (χ0n) is 18.7. The first-order valence-corrected chi connectivity index (χ1v) is 11.0. The first-order chi connectivity index (χ1) is 16.1. The van der Waals surface area contributed by atoms with Crippen molar-refractivity contribution in [3.05, 3.63) is 95.7 Å². The Bertz CT molecular complexity index is 1170. The maximum Gasteiger partial charge on any atom is 0.290 e. The summed E-state index contributed by atoms with van der Waals surface area (Å²) in [7, 11) is 0. The number of anilines is 1. The Labute approximate surface area is 192 Å². The Morgan fingerprint density at radius 1 is 0.939 bits per heavy atom. The third-order valence-electron chi connectivity index (χ3n) is 5.52. The number of hydrogen-bond donors (Lipinski definition) is 0. The molecule has 1 amide bonds. The number of aromatic nitrogens is 1. The Balaban J connectivity index is 1.76. The minimum atomic E-state index is -0.322. The van der Waals surface area contributed by atoms with Gasteiger partial charge in [0.15, 0.2) is 5.76 Å². The smallest absolute Gasteiger partial charge is 0.290 e. The highest BCUT2D eigenvalue weighted by atomic mass is 19.1. The van der Waals surface area contributed by atoms with Gasteiger partial charge < -0.3 is 18.7 Å². The van der Waals surface area contributed by atoms with E-state index in [2.05, 4.69) is 10.1 Å². The molecule has 33 heavy (non-hydrogen) atoms. The number of amides is 1. The van der Waals surface area contributed by atoms with Gasteiger partial charge in [0, 0.05) is 25.2 Å². The van der Waals surface area contributed by atoms with Gasteiger partial charge in [-0.2, -0.15) is 0 Å². The lowest BCUT2D eigenvalue weighted by atomic mass is 10.1. The fourth-order valence-corrected chi connectivity index (χ4v) is 3.78. The van der Waals surface area contributed by atoms with Gasteiger partial charge in [-0.3, -0.25) is 4.79 Å². The van der Waals surface area contributed by atoms with Gasteiger partial charge in [0.2, 0.25) is 5.88 Å². The second-order valence-corrected chi connectivity index (χ2v) is 7.62. The highest BCUT2D eigenvalue weighted by Gasteiger charge is 2.27. The maximum atomic E-state index is 13.4. The van der Waals surface area contributed by atoms with Gasteiger partial charge in [0.05, 0.1) is 18.4 Å². The minimum absolute atomic E-state index is 0.235. The monoisotopic (exact) mass is 447 g/mol. The molecule has 0 fully saturated rings. The Hall–Kier alpha value is -3.87. The number of furan rings is 1. The molecule has 6 nitrogen and oxygen atoms in total. The zero-order chi connectivity index (χ0) is 23.2. The number of halogens is 1. The van der Waals surface area contributed by atoms with Gasteiger partial charge in [-0.15, -0.1) is 0 Å². The van der Waals surface area contributed by atoms with E-state index >= 15 is 0 Å². The summed E-state index contributed by atoms with van der Waals surface area (Å²) in [5.41, 5.74) is 3.21. The SMILES string of the molecule is CCN(CC)c1onc(-c2ccccc2)c1CN(Cc1ccc(F)cc1)C(=O)c1ccco1. The molecule has 2 aromatic carbocycles. The summed E-state index contributed by atoms with van der Waals surface area (Å²) in [6, 6.07) is 19.2. The van der Waals surface area contributed by atoms with Crippen molar-refractivity contribution < 1.29 is 18.1 Å². The first-order valence-electron chi connectivity index (χ1n) is 11.0. The quantitative estimate of drug-likeness (QED) is 0.326. The number of hydrogen-bond acceptors (Lipinski definition) is 5. The predicted octanol–water partition coefficient (Wildman–Crippen LogP) is 5.76. The van der Waals surface area contributed by atoms with Gasteiger partial charge >= 0.3 is 0 Å². The average Bonchev–Trinajstić information content (AvgIpc) is 3.52. The van der Waals surface area contributed by atoms with E-state index in [9.17, 15) is 9.18 Å². The van der Waals surface area contributed by atoms with Crippen molar-refractivity contribution in [2.75, 3.05) is 18.0 Å². The molecule has 0 N–H and O–H groups in total. The molecular formula is C26H26FN3O3. The van der Waals surface area contributed by atoms with Crippen molar-refractivity contribution in [3.63, 3.8) is 0 Å². The van der Waals surface area contributed by atoms with Gasteiger partial charge in [0.1, 0.15) is 11.5 Å². The highest BCUT2D eigenvalue weighted by molar-refractivity contribution is 5.91. The number of benzene rings is 2. The number of nitrogens with zero attached hydrogens (tertiary/aromatic N) is 3. The molecule has 0 aliphatic heterocycles. The summed E-state index contributed by atoms with van der Waals surface area (Å²) in [5.74, 6) is 0.279. The van der Waals surface area contributed by atoms with Gasteiger partial charge in [-0.05, 0) is 43.7 Å². The standard InChI is InChI=1S/C26H26FN3O3/c1-3-29(4-2)26-22(24(28-33-26)20-9-6-5-7-10-20)18-30(25(31)23-11-8-16-32-23)17-19-12-14-21(27)15-13-19/h5-16H,3-4,17-18H2,1-2H3. The van der Waals surface area contributed by atoms with Crippen molar-refractivity contribution in [2.45, 2.75) is 26.9 Å². The topological polar surface area (TPSA) is 62.7 Å². The van der Waals surface area contributed by atoms with Crippen LogP contribution in [0.1, 0.15) is 35.5 Å². The molecule has 4 aromatic rings. The van der Waals surface area contributed by atoms with Crippen LogP contribution in [0, 0.1) is 5.82 Å². The van der Waals surface area contributed by atoms with E-state index < -0.39 is 0 Å². The third kappa shape index (κ3) is 4.98. The molecule has 0 aliphatic carbocycles. The van der Waals surface area contributed by atoms with E-state index in [4.69, 9.17) is 8.94 Å². The molecule has 0 bridgehead atoms. The molecule has 0 spiro atoms. The van der Waals surface area contributed by atoms with Crippen LogP contribution in [-0.2, 0) is 13.1 Å². The van der Waals surface area contributed by atoms with Crippen LogP contribution in [0.15, 0.2) is 81.9 Å². The Morgan fingerprint density at radius 2 is 1.67 bits per heavy atom. The molecule has 0 saturated carbocycles. The highest BCUT2D eigenvalue weighted by Crippen LogP contribution is 2.33. The number of carbonyl (C=O) groups is 1. The van der Waals surface area contributed by atoms with Crippen LogP contribution in [0.3, 0.4) is 0 Å². The molecule has 0 saturated heterocycles. The average molecular weight is 448 g/mol. The summed E-state index contributed by atoms with van der Waals surface area (Å²) < 4.78 is 24.6. The maximum absolute atomic E-state index is 13.4. The van der Waals surface area contributed by atoms with E-state index in [1.54, 1.807) is 29.2 Å². The molecule has 0 aliphatic rings. The van der Waals surface area contributed by atoms with E-state index in [1.807, 2.05) is 44.2 Å². The zero-order valence-corrected chi connectivity index (χ0v) is 18.7. The molecular weight excluding hydrogens is 421 g/mol. The number of carbonyl (C=O) groups excluding carboxylic acids is 1. The lowest BCUT2D eigenvalue weighted by Gasteiger charge is -2.24. The van der Waals surface area contributed by atoms with E-state index in [0.717, 1.165) is 29.8 Å². The van der Waals surface area contributed by atoms with Crippen LogP contribution in [0.25, 0.3) is 11.3 Å². The van der Waals surface area contributed by atoms with E-state index in [1.165, 1.54) is 18.4 Å². The van der Waals surface area contributed by atoms with E-state index in [-0.39, 0.29) is 30.6 Å². The summed E-state index contributed by atoms with van der Waals surface area (Å²) >= 11 is 0. The molecule has 170 valence electrons. The Kier molecular flexibility index (Phi) is 6.88. The van der Waals surface area contributed by atoms with Crippen molar-refractivity contribution in [3.8, 4) is 11.3 Å². The van der Waals surface area contributed by atoms with Gasteiger partial charge in [-0.25, -0.2) is 4.39 Å². The lowest BCUT2D eigenvalue weighted by molar-refractivity contribution is 0.0698. The molecule has 2 heterocycles. The molecule has 0 atom stereocenters. The van der Waals surface area contributed by atoms with Crippen molar-refractivity contribution in [2.24, 2.45) is 0 Å². The molecule has 4 rings (SSSR count). The minimum Gasteiger partial charge on any atom is -0.459 e. The molecule has 0 unspecified atom stereocenters. The summed E-state index contributed by atoms with van der Waals surface area (Å²) in [6.45, 7) is 6.08. The fourth-order valence-electron chi connectivity index (χ4n) is 3.78. The summed E-state index contributed by atoms with van der Waals surface area (Å²) in [6.07, 6.45) is 1.47. The predicted molar refractivity (Wildman–Crippen MR) is 124 cm³/mol. The van der Waals surface area contributed by atoms with Crippen LogP contribution in [0.4, 0.5) is 10.3 Å². The lowest BCUT2D eigenvalue weighted by Crippen LogP contribution is -2.31. The summed E-state index contributed by atoms with van der Waals surface area (Å²) in [5, 5.41) is 4.37. The van der Waals surface area contributed by atoms with Gasteiger partial charge in [-0.1, -0.05) is 47.6 Å². The Morgan fingerprint density at radius 3 is 2.30 bits per heavy atom. The third-order valence-corrected chi connectivity index (χ3v) is 5.52. The normalized spacial score (nSPS) is 10.9. The van der Waals surface area contributed by atoms with Crippen LogP contribution in [0.5, 0.6) is 0 Å². The van der Waals surface area contributed by atoms with Crippen LogP contribution >= 0.6 is 0 Å². The second kappa shape index (κ2) is 10.2. The molecule has 7 heteroatoms. The van der Waals surface area contributed by atoms with Gasteiger partial charge in [0.25, 0.3) is 5.91 Å². The van der Waals surface area contributed by atoms with Crippen LogP contribution < -0.4 is 4.90 Å². The molecule has 2 aromatic heterocycles. The molecule has 0 radical (unpaired) electrons. The largest absolute Gasteiger partial charge is 0.459 e. The summed E-state index contributed by atoms with van der Waals surface area (Å²) in [4.78, 5) is 17.1. The van der Waals surface area contributed by atoms with Crippen molar-refractivity contribution in [1.82, 2.24) is 10.1 Å². The van der Waals surface area contributed by atoms with Crippen LogP contribution in [0.2, 0.25) is 0 Å². The van der Waals surface area contributed by atoms with E-state index in [0.29, 0.717) is 11.6 Å². The second-order valence-electron chi connectivity index (χ2n) is 7.62.